The molecule has 0 unspecified atom stereocenters. The maximum absolute atomic E-state index is 12.3. The first-order chi connectivity index (χ1) is 35.9. The van der Waals surface area contributed by atoms with E-state index >= 15 is 0 Å². The molecule has 430 valence electrons. The number of carbonyl (C=O) groups is 5. The van der Waals surface area contributed by atoms with Crippen LogP contribution in [0.1, 0.15) is 66.0 Å². The number of aromatic nitrogens is 3. The number of carboxylic acids is 1. The number of hydrogen-bond donors (Lipinski definition) is 3. The second-order valence-corrected chi connectivity index (χ2v) is 16.7. The number of nitrogens with zero attached hydrogens (tertiary/aromatic N) is 3. The summed E-state index contributed by atoms with van der Waals surface area (Å²) < 4.78 is 82.8. The van der Waals surface area contributed by atoms with Gasteiger partial charge in [-0.05, 0) is 53.9 Å². The number of carbonyl (C=O) groups excluding carboxylic acids is 4. The Balaban J connectivity index is 1.76. The van der Waals surface area contributed by atoms with Gasteiger partial charge in [0, 0.05) is 19.4 Å². The van der Waals surface area contributed by atoms with Gasteiger partial charge in [0.25, 0.3) is 0 Å². The van der Waals surface area contributed by atoms with E-state index in [9.17, 15) is 29.1 Å². The normalized spacial score (nSPS) is 12.0. The minimum absolute atomic E-state index is 0.0608. The van der Waals surface area contributed by atoms with Crippen LogP contribution in [0.15, 0.2) is 6.20 Å². The fourth-order valence-electron chi connectivity index (χ4n) is 5.92. The highest BCUT2D eigenvalue weighted by atomic mass is 16.6. The molecule has 3 N–H and O–H groups in total. The lowest BCUT2D eigenvalue weighted by molar-refractivity contribution is -0.161. The summed E-state index contributed by atoms with van der Waals surface area (Å²) in [6.45, 7) is 19.5. The topological polar surface area (TPSA) is 299 Å². The SMILES string of the molecule is CCOC(=O)C(Cc1cnnn1CCOCCOCCOCCOCCOCCOCCOCCOCCOCCOCCOCCOCCC(=O)NCCCC[C@H](NC(=O)OC(C)(C)C)C(=O)O)C(=O)OCC. The molecule has 2 amide bonds. The molecule has 1 rings (SSSR count). The van der Waals surface area contributed by atoms with Crippen molar-refractivity contribution in [3.63, 3.8) is 0 Å². The number of nitrogens with one attached hydrogen (secondary N) is 2. The molecule has 26 nitrogen and oxygen atoms in total. The van der Waals surface area contributed by atoms with E-state index in [1.807, 2.05) is 0 Å². The monoisotopic (exact) mass is 1070 g/mol. The van der Waals surface area contributed by atoms with Crippen LogP contribution in [0.3, 0.4) is 0 Å². The van der Waals surface area contributed by atoms with Gasteiger partial charge in [0.2, 0.25) is 5.91 Å². The zero-order valence-electron chi connectivity index (χ0n) is 44.5. The van der Waals surface area contributed by atoms with Crippen LogP contribution in [0.25, 0.3) is 0 Å². The minimum atomic E-state index is -1.14. The van der Waals surface area contributed by atoms with E-state index < -0.39 is 41.6 Å². The van der Waals surface area contributed by atoms with Gasteiger partial charge in [0.1, 0.15) is 11.6 Å². The molecule has 0 saturated carbocycles. The van der Waals surface area contributed by atoms with Gasteiger partial charge < -0.3 is 86.8 Å². The van der Waals surface area contributed by atoms with E-state index in [1.54, 1.807) is 39.3 Å². The lowest BCUT2D eigenvalue weighted by Crippen LogP contribution is -2.43. The number of alkyl carbamates (subject to hydrolysis) is 1. The fraction of sp³-hybridized carbons (Fsp3) is 0.854. The number of ether oxygens (including phenoxy) is 15. The molecule has 74 heavy (non-hydrogen) atoms. The van der Waals surface area contributed by atoms with Crippen molar-refractivity contribution in [3.05, 3.63) is 11.9 Å². The number of unbranched alkanes of at least 4 members (excludes halogenated alkanes) is 1. The zero-order valence-corrected chi connectivity index (χ0v) is 44.5. The van der Waals surface area contributed by atoms with Crippen molar-refractivity contribution in [1.29, 1.82) is 0 Å². The molecule has 0 fully saturated rings. The number of esters is 2. The largest absolute Gasteiger partial charge is 0.480 e. The Labute approximate surface area is 435 Å². The number of carboxylic acid groups (broad SMARTS) is 1. The van der Waals surface area contributed by atoms with Gasteiger partial charge >= 0.3 is 24.0 Å². The fourth-order valence-corrected chi connectivity index (χ4v) is 5.92. The zero-order chi connectivity index (χ0) is 54.2. The lowest BCUT2D eigenvalue weighted by Gasteiger charge is -2.22. The maximum atomic E-state index is 12.3. The molecular formula is C48H87N5O21. The first-order valence-corrected chi connectivity index (χ1v) is 25.5. The van der Waals surface area contributed by atoms with Gasteiger partial charge in [-0.15, -0.1) is 5.10 Å². The Bertz CT molecular complexity index is 1540. The lowest BCUT2D eigenvalue weighted by atomic mass is 10.0. The summed E-state index contributed by atoms with van der Waals surface area (Å²) in [5.74, 6) is -3.69. The molecule has 0 aromatic carbocycles. The Kier molecular flexibility index (Phi) is 43.3. The van der Waals surface area contributed by atoms with Crippen molar-refractivity contribution in [2.75, 3.05) is 178 Å². The Hall–Kier alpha value is -4.19. The minimum Gasteiger partial charge on any atom is -0.480 e. The summed E-state index contributed by atoms with van der Waals surface area (Å²) in [5, 5.41) is 22.4. The first kappa shape index (κ1) is 67.8. The summed E-state index contributed by atoms with van der Waals surface area (Å²) in [6.07, 6.45) is 2.25. The standard InChI is InChI=1S/C48H87N5O21/c1-6-72-45(57)41(46(58)73-7-2)38-40-39-50-52-53(40)13-15-61-17-19-63-21-23-65-25-27-67-29-31-69-33-35-71-37-36-70-34-32-68-30-28-66-26-24-64-22-20-62-18-16-60-14-11-43(54)49-12-9-8-10-42(44(55)56)51-47(59)74-48(3,4)5/h39,41-42H,6-38H2,1-5H3,(H,49,54)(H,51,59)(H,55,56)/t42-/m0/s1. The third-order valence-electron chi connectivity index (χ3n) is 9.50. The molecule has 0 saturated heterocycles. The van der Waals surface area contributed by atoms with Crippen molar-refractivity contribution in [3.8, 4) is 0 Å². The van der Waals surface area contributed by atoms with Crippen LogP contribution in [0.2, 0.25) is 0 Å². The van der Waals surface area contributed by atoms with Crippen LogP contribution in [-0.4, -0.2) is 240 Å². The Morgan fingerprint density at radius 3 is 1.31 bits per heavy atom. The van der Waals surface area contributed by atoms with E-state index in [4.69, 9.17) is 71.1 Å². The molecule has 0 aliphatic heterocycles. The highest BCUT2D eigenvalue weighted by molar-refractivity contribution is 5.95. The van der Waals surface area contributed by atoms with Crippen LogP contribution in [0.4, 0.5) is 4.79 Å². The van der Waals surface area contributed by atoms with Crippen molar-refractivity contribution in [2.24, 2.45) is 5.92 Å². The van der Waals surface area contributed by atoms with E-state index in [-0.39, 0.29) is 45.0 Å². The molecule has 1 heterocycles. The third kappa shape index (κ3) is 41.1. The summed E-state index contributed by atoms with van der Waals surface area (Å²) >= 11 is 0. The highest BCUT2D eigenvalue weighted by Crippen LogP contribution is 2.13. The van der Waals surface area contributed by atoms with Gasteiger partial charge in [-0.2, -0.15) is 0 Å². The summed E-state index contributed by atoms with van der Waals surface area (Å²) in [5.41, 5.74) is -0.135. The van der Waals surface area contributed by atoms with Crippen molar-refractivity contribution in [1.82, 2.24) is 25.6 Å². The van der Waals surface area contributed by atoms with Crippen LogP contribution >= 0.6 is 0 Å². The Morgan fingerprint density at radius 1 is 0.568 bits per heavy atom. The van der Waals surface area contributed by atoms with E-state index in [0.29, 0.717) is 184 Å². The van der Waals surface area contributed by atoms with E-state index in [0.717, 1.165) is 0 Å². The average Bonchev–Trinajstić information content (AvgIpc) is 3.80. The van der Waals surface area contributed by atoms with Crippen LogP contribution in [-0.2, 0) is 103 Å². The molecular weight excluding hydrogens is 983 g/mol. The molecule has 1 aromatic heterocycles. The molecule has 0 aliphatic rings. The number of rotatable bonds is 52. The smallest absolute Gasteiger partial charge is 0.408 e. The summed E-state index contributed by atoms with van der Waals surface area (Å²) in [4.78, 5) is 59.9. The van der Waals surface area contributed by atoms with Gasteiger partial charge in [0.05, 0.1) is 190 Å². The maximum Gasteiger partial charge on any atom is 0.408 e. The van der Waals surface area contributed by atoms with Crippen LogP contribution in [0, 0.1) is 5.92 Å². The molecule has 0 aliphatic carbocycles. The molecule has 0 spiro atoms. The predicted octanol–water partition coefficient (Wildman–Crippen LogP) is 1.42. The highest BCUT2D eigenvalue weighted by Gasteiger charge is 2.31. The van der Waals surface area contributed by atoms with E-state index in [2.05, 4.69) is 20.9 Å². The first-order valence-electron chi connectivity index (χ1n) is 25.5. The molecule has 1 aromatic rings. The third-order valence-corrected chi connectivity index (χ3v) is 9.50. The second kappa shape index (κ2) is 47.3. The van der Waals surface area contributed by atoms with Crippen molar-refractivity contribution in [2.45, 2.75) is 84.9 Å². The van der Waals surface area contributed by atoms with Gasteiger partial charge in [-0.3, -0.25) is 14.4 Å². The van der Waals surface area contributed by atoms with Crippen LogP contribution < -0.4 is 10.6 Å². The van der Waals surface area contributed by atoms with Gasteiger partial charge in [-0.1, -0.05) is 5.21 Å². The van der Waals surface area contributed by atoms with Crippen molar-refractivity contribution >= 4 is 29.9 Å². The number of hydrogen-bond acceptors (Lipinski definition) is 22. The van der Waals surface area contributed by atoms with Crippen LogP contribution in [0.5, 0.6) is 0 Å². The quantitative estimate of drug-likeness (QED) is 0.0360. The molecule has 0 radical (unpaired) electrons. The van der Waals surface area contributed by atoms with E-state index in [1.165, 1.54) is 6.20 Å². The van der Waals surface area contributed by atoms with Crippen molar-refractivity contribution < 1.29 is 100 Å². The second-order valence-electron chi connectivity index (χ2n) is 16.7. The predicted molar refractivity (Wildman–Crippen MR) is 263 cm³/mol. The Morgan fingerprint density at radius 2 is 0.946 bits per heavy atom. The summed E-state index contributed by atoms with van der Waals surface area (Å²) in [7, 11) is 0. The molecule has 0 bridgehead atoms. The molecule has 1 atom stereocenters. The average molecular weight is 1070 g/mol. The molecule has 26 heteroatoms. The van der Waals surface area contributed by atoms with Gasteiger partial charge in [0.15, 0.2) is 5.92 Å². The summed E-state index contributed by atoms with van der Waals surface area (Å²) in [6, 6.07) is -1.06. The number of aliphatic carboxylic acids is 1. The van der Waals surface area contributed by atoms with Gasteiger partial charge in [-0.25, -0.2) is 14.3 Å². The number of amides is 2.